The van der Waals surface area contributed by atoms with Crippen molar-refractivity contribution in [1.29, 1.82) is 0 Å². The SMILES string of the molecule is CC(=O)NCc1cc(C2CCC2)no1. The lowest BCUT2D eigenvalue weighted by molar-refractivity contribution is -0.119. The zero-order chi connectivity index (χ0) is 9.97. The molecule has 1 aromatic rings. The highest BCUT2D eigenvalue weighted by Crippen LogP contribution is 2.35. The largest absolute Gasteiger partial charge is 0.359 e. The number of rotatable bonds is 3. The van der Waals surface area contributed by atoms with Crippen LogP contribution in [0.15, 0.2) is 10.6 Å². The average molecular weight is 194 g/mol. The molecule has 0 aliphatic heterocycles. The van der Waals surface area contributed by atoms with Gasteiger partial charge in [-0.2, -0.15) is 0 Å². The van der Waals surface area contributed by atoms with Gasteiger partial charge in [0.1, 0.15) is 0 Å². The summed E-state index contributed by atoms with van der Waals surface area (Å²) in [5.41, 5.74) is 1.04. The molecule has 0 aromatic carbocycles. The highest BCUT2D eigenvalue weighted by Gasteiger charge is 2.22. The van der Waals surface area contributed by atoms with Gasteiger partial charge in [-0.25, -0.2) is 0 Å². The van der Waals surface area contributed by atoms with Crippen molar-refractivity contribution >= 4 is 5.91 Å². The summed E-state index contributed by atoms with van der Waals surface area (Å²) in [7, 11) is 0. The number of aromatic nitrogens is 1. The molecule has 4 heteroatoms. The Morgan fingerprint density at radius 3 is 3.07 bits per heavy atom. The third-order valence-electron chi connectivity index (χ3n) is 2.61. The average Bonchev–Trinajstić information content (AvgIpc) is 2.46. The first-order valence-corrected chi connectivity index (χ1v) is 4.95. The molecule has 14 heavy (non-hydrogen) atoms. The number of amides is 1. The van der Waals surface area contributed by atoms with Gasteiger partial charge in [0.25, 0.3) is 0 Å². The molecule has 1 amide bonds. The lowest BCUT2D eigenvalue weighted by Crippen LogP contribution is -2.18. The molecule has 0 radical (unpaired) electrons. The first kappa shape index (κ1) is 9.24. The van der Waals surface area contributed by atoms with Gasteiger partial charge in [0.05, 0.1) is 12.2 Å². The minimum atomic E-state index is -0.0494. The quantitative estimate of drug-likeness (QED) is 0.794. The summed E-state index contributed by atoms with van der Waals surface area (Å²) in [5, 5.41) is 6.67. The Balaban J connectivity index is 1.92. The van der Waals surface area contributed by atoms with Crippen LogP contribution in [0.25, 0.3) is 0 Å². The summed E-state index contributed by atoms with van der Waals surface area (Å²) in [6, 6.07) is 1.94. The van der Waals surface area contributed by atoms with E-state index in [1.165, 1.54) is 26.2 Å². The number of carbonyl (C=O) groups excluding carboxylic acids is 1. The van der Waals surface area contributed by atoms with Gasteiger partial charge in [-0.15, -0.1) is 0 Å². The molecule has 1 aromatic heterocycles. The van der Waals surface area contributed by atoms with Crippen LogP contribution < -0.4 is 5.32 Å². The van der Waals surface area contributed by atoms with E-state index in [0.29, 0.717) is 12.5 Å². The van der Waals surface area contributed by atoms with Gasteiger partial charge in [-0.1, -0.05) is 11.6 Å². The Bertz CT molecular complexity index is 329. The number of nitrogens with zero attached hydrogens (tertiary/aromatic N) is 1. The Hall–Kier alpha value is -1.32. The van der Waals surface area contributed by atoms with E-state index in [4.69, 9.17) is 4.52 Å². The van der Waals surface area contributed by atoms with E-state index in [9.17, 15) is 4.79 Å². The monoisotopic (exact) mass is 194 g/mol. The molecule has 1 fully saturated rings. The number of hydrogen-bond donors (Lipinski definition) is 1. The summed E-state index contributed by atoms with van der Waals surface area (Å²) in [4.78, 5) is 10.7. The van der Waals surface area contributed by atoms with Crippen molar-refractivity contribution in [2.45, 2.75) is 38.6 Å². The van der Waals surface area contributed by atoms with Crippen LogP contribution in [0.1, 0.15) is 43.6 Å². The van der Waals surface area contributed by atoms with Crippen LogP contribution in [0.4, 0.5) is 0 Å². The fraction of sp³-hybridized carbons (Fsp3) is 0.600. The number of carbonyl (C=O) groups is 1. The van der Waals surface area contributed by atoms with E-state index < -0.39 is 0 Å². The molecule has 0 atom stereocenters. The smallest absolute Gasteiger partial charge is 0.217 e. The first-order valence-electron chi connectivity index (χ1n) is 4.95. The summed E-state index contributed by atoms with van der Waals surface area (Å²) < 4.78 is 5.11. The van der Waals surface area contributed by atoms with E-state index in [1.54, 1.807) is 0 Å². The predicted octanol–water partition coefficient (Wildman–Crippen LogP) is 1.58. The fourth-order valence-electron chi connectivity index (χ4n) is 1.52. The summed E-state index contributed by atoms with van der Waals surface area (Å²) in [5.74, 6) is 1.28. The van der Waals surface area contributed by atoms with Crippen LogP contribution in [-0.2, 0) is 11.3 Å². The topological polar surface area (TPSA) is 55.1 Å². The summed E-state index contributed by atoms with van der Waals surface area (Å²) in [6.07, 6.45) is 3.72. The molecule has 1 aliphatic carbocycles. The minimum Gasteiger partial charge on any atom is -0.359 e. The molecule has 1 saturated carbocycles. The van der Waals surface area contributed by atoms with E-state index in [-0.39, 0.29) is 5.91 Å². The highest BCUT2D eigenvalue weighted by molar-refractivity contribution is 5.72. The van der Waals surface area contributed by atoms with Crippen molar-refractivity contribution in [3.63, 3.8) is 0 Å². The molecular formula is C10H14N2O2. The van der Waals surface area contributed by atoms with E-state index >= 15 is 0 Å². The van der Waals surface area contributed by atoms with Gasteiger partial charge >= 0.3 is 0 Å². The van der Waals surface area contributed by atoms with Crippen LogP contribution in [0.5, 0.6) is 0 Å². The second-order valence-corrected chi connectivity index (χ2v) is 3.76. The Morgan fingerprint density at radius 1 is 1.71 bits per heavy atom. The van der Waals surface area contributed by atoms with Crippen molar-refractivity contribution in [3.05, 3.63) is 17.5 Å². The third-order valence-corrected chi connectivity index (χ3v) is 2.61. The molecule has 1 N–H and O–H groups in total. The normalized spacial score (nSPS) is 16.4. The molecule has 1 heterocycles. The van der Waals surface area contributed by atoms with Crippen molar-refractivity contribution in [1.82, 2.24) is 10.5 Å². The molecule has 0 bridgehead atoms. The minimum absolute atomic E-state index is 0.0494. The summed E-state index contributed by atoms with van der Waals surface area (Å²) >= 11 is 0. The maximum absolute atomic E-state index is 10.7. The van der Waals surface area contributed by atoms with Gasteiger partial charge < -0.3 is 9.84 Å². The number of hydrogen-bond acceptors (Lipinski definition) is 3. The Kier molecular flexibility index (Phi) is 2.52. The molecule has 0 saturated heterocycles. The van der Waals surface area contributed by atoms with Gasteiger partial charge in [0.15, 0.2) is 5.76 Å². The van der Waals surface area contributed by atoms with Crippen LogP contribution in [0, 0.1) is 0 Å². The standard InChI is InChI=1S/C10H14N2O2/c1-7(13)11-6-9-5-10(12-14-9)8-3-2-4-8/h5,8H,2-4,6H2,1H3,(H,11,13). The second kappa shape index (κ2) is 3.82. The van der Waals surface area contributed by atoms with Crippen molar-refractivity contribution in [2.75, 3.05) is 0 Å². The van der Waals surface area contributed by atoms with E-state index in [2.05, 4.69) is 10.5 Å². The maximum atomic E-state index is 10.7. The van der Waals surface area contributed by atoms with Crippen molar-refractivity contribution < 1.29 is 9.32 Å². The van der Waals surface area contributed by atoms with Crippen molar-refractivity contribution in [3.8, 4) is 0 Å². The molecule has 0 unspecified atom stereocenters. The molecule has 2 rings (SSSR count). The zero-order valence-electron chi connectivity index (χ0n) is 8.25. The van der Waals surface area contributed by atoms with Gasteiger partial charge in [-0.3, -0.25) is 4.79 Å². The maximum Gasteiger partial charge on any atom is 0.217 e. The van der Waals surface area contributed by atoms with Gasteiger partial charge in [0, 0.05) is 18.9 Å². The molecule has 0 spiro atoms. The molecule has 4 nitrogen and oxygen atoms in total. The Labute approximate surface area is 82.7 Å². The van der Waals surface area contributed by atoms with Crippen LogP contribution in [-0.4, -0.2) is 11.1 Å². The molecular weight excluding hydrogens is 180 g/mol. The molecule has 1 aliphatic rings. The number of nitrogens with one attached hydrogen (secondary N) is 1. The van der Waals surface area contributed by atoms with E-state index in [0.717, 1.165) is 11.5 Å². The van der Waals surface area contributed by atoms with Crippen molar-refractivity contribution in [2.24, 2.45) is 0 Å². The summed E-state index contributed by atoms with van der Waals surface area (Å²) in [6.45, 7) is 1.93. The lowest BCUT2D eigenvalue weighted by Gasteiger charge is -2.22. The lowest BCUT2D eigenvalue weighted by atomic mass is 9.83. The zero-order valence-corrected chi connectivity index (χ0v) is 8.25. The molecule has 76 valence electrons. The van der Waals surface area contributed by atoms with Crippen LogP contribution >= 0.6 is 0 Å². The predicted molar refractivity (Wildman–Crippen MR) is 50.6 cm³/mol. The van der Waals surface area contributed by atoms with Gasteiger partial charge in [0.2, 0.25) is 5.91 Å². The fourth-order valence-corrected chi connectivity index (χ4v) is 1.52. The first-order chi connectivity index (χ1) is 6.75. The Morgan fingerprint density at radius 2 is 2.50 bits per heavy atom. The third kappa shape index (κ3) is 1.95. The second-order valence-electron chi connectivity index (χ2n) is 3.76. The van der Waals surface area contributed by atoms with E-state index in [1.807, 2.05) is 6.07 Å². The van der Waals surface area contributed by atoms with Gasteiger partial charge in [-0.05, 0) is 12.8 Å². The van der Waals surface area contributed by atoms with Crippen LogP contribution in [0.3, 0.4) is 0 Å². The highest BCUT2D eigenvalue weighted by atomic mass is 16.5. The van der Waals surface area contributed by atoms with Crippen LogP contribution in [0.2, 0.25) is 0 Å².